The first-order chi connectivity index (χ1) is 13.8. The molecular weight excluding hydrogens is 390 g/mol. The largest absolute Gasteiger partial charge is 0.349 e. The van der Waals surface area contributed by atoms with Crippen LogP contribution < -0.4 is 14.9 Å². The zero-order chi connectivity index (χ0) is 21.4. The zero-order valence-corrected chi connectivity index (χ0v) is 17.3. The van der Waals surface area contributed by atoms with E-state index in [1.165, 1.54) is 4.31 Å². The molecule has 2 aromatic carbocycles. The van der Waals surface area contributed by atoms with Crippen LogP contribution in [0.2, 0.25) is 0 Å². The van der Waals surface area contributed by atoms with Gasteiger partial charge < -0.3 is 10.6 Å². The summed E-state index contributed by atoms with van der Waals surface area (Å²) in [6.45, 7) is 7.51. The summed E-state index contributed by atoms with van der Waals surface area (Å²) >= 11 is 0. The van der Waals surface area contributed by atoms with Crippen molar-refractivity contribution in [1.29, 1.82) is 0 Å². The number of nitrogens with zero attached hydrogens (tertiary/aromatic N) is 1. The molecule has 7 nitrogen and oxygen atoms in total. The van der Waals surface area contributed by atoms with Crippen LogP contribution in [0.1, 0.15) is 34.6 Å². The lowest BCUT2D eigenvalue weighted by Crippen LogP contribution is -2.32. The summed E-state index contributed by atoms with van der Waals surface area (Å²) in [5.74, 6) is -0.727. The maximum atomic E-state index is 12.6. The Labute approximate surface area is 171 Å². The third-order valence-electron chi connectivity index (χ3n) is 4.23. The molecule has 0 radical (unpaired) electrons. The predicted molar refractivity (Wildman–Crippen MR) is 116 cm³/mol. The first kappa shape index (κ1) is 22.2. The first-order valence-electron chi connectivity index (χ1n) is 9.24. The van der Waals surface area contributed by atoms with E-state index in [-0.39, 0.29) is 11.7 Å². The Morgan fingerprint density at radius 1 is 1.03 bits per heavy atom. The number of anilines is 2. The number of carbonyl (C=O) groups excluding carboxylic acids is 2. The van der Waals surface area contributed by atoms with Gasteiger partial charge in [-0.1, -0.05) is 18.2 Å². The van der Waals surface area contributed by atoms with Crippen molar-refractivity contribution < 1.29 is 18.0 Å². The van der Waals surface area contributed by atoms with E-state index in [2.05, 4.69) is 17.2 Å². The fourth-order valence-corrected chi connectivity index (χ4v) is 3.87. The van der Waals surface area contributed by atoms with Gasteiger partial charge in [-0.3, -0.25) is 13.9 Å². The second-order valence-corrected chi connectivity index (χ2v) is 8.29. The summed E-state index contributed by atoms with van der Waals surface area (Å²) in [6, 6.07) is 13.0. The van der Waals surface area contributed by atoms with Crippen molar-refractivity contribution in [3.05, 3.63) is 72.3 Å². The Bertz CT molecular complexity index is 985. The summed E-state index contributed by atoms with van der Waals surface area (Å²) in [4.78, 5) is 24.9. The third kappa shape index (κ3) is 5.45. The molecule has 154 valence electrons. The molecule has 0 atom stereocenters. The van der Waals surface area contributed by atoms with E-state index in [1.54, 1.807) is 68.5 Å². The van der Waals surface area contributed by atoms with Gasteiger partial charge >= 0.3 is 0 Å². The fraction of sp³-hybridized carbons (Fsp3) is 0.238. The molecule has 8 heteroatoms. The lowest BCUT2D eigenvalue weighted by atomic mass is 10.1. The number of sulfonamides is 1. The molecule has 2 rings (SSSR count). The molecule has 0 saturated heterocycles. The zero-order valence-electron chi connectivity index (χ0n) is 16.5. The van der Waals surface area contributed by atoms with Gasteiger partial charge in [0.15, 0.2) is 0 Å². The second-order valence-electron chi connectivity index (χ2n) is 6.11. The number of hydrogen-bond acceptors (Lipinski definition) is 4. The standard InChI is InChI=1S/C21H25N3O4S/c1-4-15-22-21(26)18-9-7-8-10-19(18)23-20(25)16-11-13-17(14-12-16)24(5-2)29(27,28)6-3/h4,7-14H,1,5-6,15H2,2-3H3,(H,22,26)(H,23,25). The maximum Gasteiger partial charge on any atom is 0.255 e. The first-order valence-corrected chi connectivity index (χ1v) is 10.8. The Morgan fingerprint density at radius 3 is 2.28 bits per heavy atom. The van der Waals surface area contributed by atoms with E-state index in [0.717, 1.165) is 0 Å². The molecule has 29 heavy (non-hydrogen) atoms. The molecule has 0 spiro atoms. The van der Waals surface area contributed by atoms with E-state index in [9.17, 15) is 18.0 Å². The van der Waals surface area contributed by atoms with Crippen LogP contribution in [-0.4, -0.2) is 39.1 Å². The van der Waals surface area contributed by atoms with E-state index < -0.39 is 15.9 Å². The number of para-hydroxylation sites is 1. The van der Waals surface area contributed by atoms with E-state index in [4.69, 9.17) is 0 Å². The molecule has 0 unspecified atom stereocenters. The molecule has 0 aliphatic carbocycles. The van der Waals surface area contributed by atoms with E-state index >= 15 is 0 Å². The van der Waals surface area contributed by atoms with Gasteiger partial charge in [-0.15, -0.1) is 6.58 Å². The quantitative estimate of drug-likeness (QED) is 0.616. The van der Waals surface area contributed by atoms with Crippen LogP contribution in [0.15, 0.2) is 61.2 Å². The highest BCUT2D eigenvalue weighted by atomic mass is 32.2. The molecule has 2 amide bonds. The molecule has 2 N–H and O–H groups in total. The Kier molecular flexibility index (Phi) is 7.55. The van der Waals surface area contributed by atoms with Crippen molar-refractivity contribution in [2.75, 3.05) is 28.5 Å². The van der Waals surface area contributed by atoms with Crippen molar-refractivity contribution in [2.24, 2.45) is 0 Å². The average molecular weight is 416 g/mol. The Morgan fingerprint density at radius 2 is 1.69 bits per heavy atom. The average Bonchev–Trinajstić information content (AvgIpc) is 2.73. The molecule has 0 aliphatic rings. The van der Waals surface area contributed by atoms with Crippen LogP contribution in [0.3, 0.4) is 0 Å². The summed E-state index contributed by atoms with van der Waals surface area (Å²) < 4.78 is 25.6. The molecule has 0 saturated carbocycles. The molecule has 2 aromatic rings. The summed E-state index contributed by atoms with van der Waals surface area (Å²) in [7, 11) is -3.39. The van der Waals surface area contributed by atoms with Gasteiger partial charge in [0.05, 0.1) is 22.7 Å². The molecule has 0 aliphatic heterocycles. The summed E-state index contributed by atoms with van der Waals surface area (Å²) in [5.41, 5.74) is 1.56. The lowest BCUT2D eigenvalue weighted by molar-refractivity contribution is 0.0959. The number of hydrogen-bond donors (Lipinski definition) is 2. The van der Waals surface area contributed by atoms with Gasteiger partial charge in [-0.25, -0.2) is 8.42 Å². The van der Waals surface area contributed by atoms with Crippen LogP contribution in [0.25, 0.3) is 0 Å². The van der Waals surface area contributed by atoms with Crippen LogP contribution in [0.5, 0.6) is 0 Å². The van der Waals surface area contributed by atoms with E-state index in [1.807, 2.05) is 0 Å². The number of rotatable bonds is 9. The highest BCUT2D eigenvalue weighted by molar-refractivity contribution is 7.92. The van der Waals surface area contributed by atoms with Crippen molar-refractivity contribution in [3.63, 3.8) is 0 Å². The smallest absolute Gasteiger partial charge is 0.255 e. The van der Waals surface area contributed by atoms with Crippen LogP contribution in [0, 0.1) is 0 Å². The minimum atomic E-state index is -3.39. The minimum Gasteiger partial charge on any atom is -0.349 e. The van der Waals surface area contributed by atoms with E-state index in [0.29, 0.717) is 35.6 Å². The monoisotopic (exact) mass is 415 g/mol. The Hall–Kier alpha value is -3.13. The Balaban J connectivity index is 2.21. The summed E-state index contributed by atoms with van der Waals surface area (Å²) in [6.07, 6.45) is 1.57. The topological polar surface area (TPSA) is 95.6 Å². The third-order valence-corrected chi connectivity index (χ3v) is 6.10. The van der Waals surface area contributed by atoms with Crippen molar-refractivity contribution in [3.8, 4) is 0 Å². The molecular formula is C21H25N3O4S. The summed E-state index contributed by atoms with van der Waals surface area (Å²) in [5, 5.41) is 5.41. The van der Waals surface area contributed by atoms with Gasteiger partial charge in [0, 0.05) is 18.7 Å². The van der Waals surface area contributed by atoms with Crippen molar-refractivity contribution in [2.45, 2.75) is 13.8 Å². The number of benzene rings is 2. The minimum absolute atomic E-state index is 0.00617. The highest BCUT2D eigenvalue weighted by Gasteiger charge is 2.19. The number of carbonyl (C=O) groups is 2. The van der Waals surface area contributed by atoms with Crippen LogP contribution in [-0.2, 0) is 10.0 Å². The molecule has 0 bridgehead atoms. The molecule has 0 fully saturated rings. The molecule has 0 aromatic heterocycles. The van der Waals surface area contributed by atoms with Crippen LogP contribution >= 0.6 is 0 Å². The number of amides is 2. The van der Waals surface area contributed by atoms with Gasteiger partial charge in [0.2, 0.25) is 10.0 Å². The van der Waals surface area contributed by atoms with Gasteiger partial charge in [0.1, 0.15) is 0 Å². The van der Waals surface area contributed by atoms with Gasteiger partial charge in [-0.05, 0) is 50.2 Å². The fourth-order valence-electron chi connectivity index (χ4n) is 2.72. The van der Waals surface area contributed by atoms with Crippen molar-refractivity contribution in [1.82, 2.24) is 5.32 Å². The molecule has 0 heterocycles. The predicted octanol–water partition coefficient (Wildman–Crippen LogP) is 3.03. The normalized spacial score (nSPS) is 10.8. The maximum absolute atomic E-state index is 12.6. The SMILES string of the molecule is C=CCNC(=O)c1ccccc1NC(=O)c1ccc(N(CC)S(=O)(=O)CC)cc1. The number of nitrogens with one attached hydrogen (secondary N) is 2. The highest BCUT2D eigenvalue weighted by Crippen LogP contribution is 2.21. The lowest BCUT2D eigenvalue weighted by Gasteiger charge is -2.22. The van der Waals surface area contributed by atoms with Crippen LogP contribution in [0.4, 0.5) is 11.4 Å². The van der Waals surface area contributed by atoms with Gasteiger partial charge in [-0.2, -0.15) is 0 Å². The van der Waals surface area contributed by atoms with Gasteiger partial charge in [0.25, 0.3) is 11.8 Å². The second kappa shape index (κ2) is 9.88. The van der Waals surface area contributed by atoms with Crippen molar-refractivity contribution >= 4 is 33.2 Å².